The number of piperazine rings is 1. The fourth-order valence-corrected chi connectivity index (χ4v) is 5.24. The lowest BCUT2D eigenvalue weighted by Gasteiger charge is -2.26. The number of fused-ring (bicyclic) bond motifs is 1. The van der Waals surface area contributed by atoms with E-state index in [1.165, 1.54) is 4.31 Å². The second-order valence-corrected chi connectivity index (χ2v) is 9.70. The molecule has 5 rings (SSSR count). The SMILES string of the molecule is O=S(=O)(c1ccc(Nc2ncc(C=Cc3cccc4[nH]ccc34)cn2)cc1)N1CCNCC1. The lowest BCUT2D eigenvalue weighted by atomic mass is 10.1. The van der Waals surface area contributed by atoms with E-state index in [2.05, 4.69) is 37.7 Å². The van der Waals surface area contributed by atoms with Gasteiger partial charge < -0.3 is 15.6 Å². The first-order valence-electron chi connectivity index (χ1n) is 10.7. The molecule has 3 heterocycles. The maximum Gasteiger partial charge on any atom is 0.243 e. The van der Waals surface area contributed by atoms with E-state index < -0.39 is 10.0 Å². The van der Waals surface area contributed by atoms with E-state index in [0.29, 0.717) is 32.1 Å². The van der Waals surface area contributed by atoms with Crippen LogP contribution in [-0.4, -0.2) is 53.9 Å². The van der Waals surface area contributed by atoms with Gasteiger partial charge in [-0.2, -0.15) is 4.31 Å². The standard InChI is InChI=1S/C24H24N6O2S/c31-33(32,30-14-12-25-13-15-30)21-8-6-20(7-9-21)29-24-27-16-18(17-28-24)4-5-19-2-1-3-23-22(19)10-11-26-23/h1-11,16-17,25-26H,12-15H2,(H,27,28,29). The lowest BCUT2D eigenvalue weighted by Crippen LogP contribution is -2.46. The summed E-state index contributed by atoms with van der Waals surface area (Å²) >= 11 is 0. The molecule has 0 saturated carbocycles. The van der Waals surface area contributed by atoms with Gasteiger partial charge in [-0.15, -0.1) is 0 Å². The number of nitrogens with zero attached hydrogens (tertiary/aromatic N) is 3. The van der Waals surface area contributed by atoms with Crippen molar-refractivity contribution in [1.29, 1.82) is 0 Å². The third kappa shape index (κ3) is 4.65. The van der Waals surface area contributed by atoms with Crippen LogP contribution < -0.4 is 10.6 Å². The van der Waals surface area contributed by atoms with Crippen molar-refractivity contribution in [2.75, 3.05) is 31.5 Å². The van der Waals surface area contributed by atoms with Gasteiger partial charge in [0, 0.05) is 66.9 Å². The van der Waals surface area contributed by atoms with Gasteiger partial charge in [-0.05, 0) is 42.0 Å². The number of sulfonamides is 1. The molecular weight excluding hydrogens is 436 g/mol. The van der Waals surface area contributed by atoms with E-state index >= 15 is 0 Å². The van der Waals surface area contributed by atoms with Crippen molar-refractivity contribution >= 4 is 44.7 Å². The molecule has 1 fully saturated rings. The van der Waals surface area contributed by atoms with Crippen LogP contribution in [0.5, 0.6) is 0 Å². The molecule has 4 aromatic rings. The summed E-state index contributed by atoms with van der Waals surface area (Å²) in [7, 11) is -3.47. The summed E-state index contributed by atoms with van der Waals surface area (Å²) in [5.41, 5.74) is 3.81. The Kier molecular flexibility index (Phi) is 5.91. The fraction of sp³-hybridized carbons (Fsp3) is 0.167. The highest BCUT2D eigenvalue weighted by Gasteiger charge is 2.25. The number of benzene rings is 2. The molecule has 3 N–H and O–H groups in total. The van der Waals surface area contributed by atoms with Crippen LogP contribution in [0, 0.1) is 0 Å². The van der Waals surface area contributed by atoms with Crippen LogP contribution in [-0.2, 0) is 10.0 Å². The minimum atomic E-state index is -3.47. The monoisotopic (exact) mass is 460 g/mol. The predicted molar refractivity (Wildman–Crippen MR) is 131 cm³/mol. The molecule has 1 aliphatic heterocycles. The van der Waals surface area contributed by atoms with Gasteiger partial charge >= 0.3 is 0 Å². The van der Waals surface area contributed by atoms with Crippen molar-refractivity contribution < 1.29 is 8.42 Å². The first-order chi connectivity index (χ1) is 16.1. The Labute approximate surface area is 192 Å². The molecule has 168 valence electrons. The number of H-pyrrole nitrogens is 1. The molecule has 0 bridgehead atoms. The van der Waals surface area contributed by atoms with Crippen LogP contribution in [0.4, 0.5) is 11.6 Å². The minimum absolute atomic E-state index is 0.286. The zero-order chi connectivity index (χ0) is 22.7. The predicted octanol–water partition coefficient (Wildman–Crippen LogP) is 3.47. The maximum absolute atomic E-state index is 12.8. The number of aromatic nitrogens is 3. The molecule has 0 spiro atoms. The van der Waals surface area contributed by atoms with Gasteiger partial charge in [-0.1, -0.05) is 24.3 Å². The van der Waals surface area contributed by atoms with Crippen LogP contribution in [0.2, 0.25) is 0 Å². The molecule has 2 aromatic heterocycles. The molecule has 0 unspecified atom stereocenters. The fourth-order valence-electron chi connectivity index (χ4n) is 3.80. The molecule has 0 radical (unpaired) electrons. The van der Waals surface area contributed by atoms with Crippen molar-refractivity contribution in [3.05, 3.63) is 78.2 Å². The molecule has 33 heavy (non-hydrogen) atoms. The van der Waals surface area contributed by atoms with Crippen molar-refractivity contribution in [1.82, 2.24) is 24.6 Å². The van der Waals surface area contributed by atoms with E-state index in [9.17, 15) is 8.42 Å². The third-order valence-electron chi connectivity index (χ3n) is 5.58. The molecule has 9 heteroatoms. The molecule has 1 aliphatic rings. The number of aromatic amines is 1. The smallest absolute Gasteiger partial charge is 0.243 e. The van der Waals surface area contributed by atoms with Crippen LogP contribution in [0.15, 0.2) is 72.0 Å². The Balaban J connectivity index is 1.25. The number of nitrogens with one attached hydrogen (secondary N) is 3. The largest absolute Gasteiger partial charge is 0.361 e. The Bertz CT molecular complexity index is 1370. The molecule has 2 aromatic carbocycles. The minimum Gasteiger partial charge on any atom is -0.361 e. The molecule has 0 amide bonds. The van der Waals surface area contributed by atoms with Crippen molar-refractivity contribution in [2.24, 2.45) is 0 Å². The molecule has 1 saturated heterocycles. The van der Waals surface area contributed by atoms with E-state index in [0.717, 1.165) is 27.7 Å². The average Bonchev–Trinajstić information content (AvgIpc) is 3.34. The highest BCUT2D eigenvalue weighted by atomic mass is 32.2. The Morgan fingerprint density at radius 3 is 2.45 bits per heavy atom. The summed E-state index contributed by atoms with van der Waals surface area (Å²) in [5, 5.41) is 7.44. The summed E-state index contributed by atoms with van der Waals surface area (Å²) in [6.45, 7) is 2.31. The Morgan fingerprint density at radius 2 is 1.70 bits per heavy atom. The van der Waals surface area contributed by atoms with Crippen LogP contribution in [0.3, 0.4) is 0 Å². The molecule has 0 aliphatic carbocycles. The summed E-state index contributed by atoms with van der Waals surface area (Å²) in [5.74, 6) is 0.442. The summed E-state index contributed by atoms with van der Waals surface area (Å²) in [6.07, 6.45) is 9.43. The highest BCUT2D eigenvalue weighted by molar-refractivity contribution is 7.89. The molecule has 0 atom stereocenters. The van der Waals surface area contributed by atoms with Crippen LogP contribution in [0.1, 0.15) is 11.1 Å². The third-order valence-corrected chi connectivity index (χ3v) is 7.49. The van der Waals surface area contributed by atoms with Gasteiger partial charge in [-0.25, -0.2) is 18.4 Å². The first-order valence-corrected chi connectivity index (χ1v) is 12.2. The molecule has 8 nitrogen and oxygen atoms in total. The summed E-state index contributed by atoms with van der Waals surface area (Å²) in [4.78, 5) is 12.2. The van der Waals surface area contributed by atoms with E-state index in [-0.39, 0.29) is 4.90 Å². The van der Waals surface area contributed by atoms with Gasteiger partial charge in [0.15, 0.2) is 0 Å². The van der Waals surface area contributed by atoms with Gasteiger partial charge in [0.2, 0.25) is 16.0 Å². The van der Waals surface area contributed by atoms with Crippen molar-refractivity contribution in [3.63, 3.8) is 0 Å². The van der Waals surface area contributed by atoms with Crippen molar-refractivity contribution in [2.45, 2.75) is 4.90 Å². The van der Waals surface area contributed by atoms with Gasteiger partial charge in [-0.3, -0.25) is 0 Å². The van der Waals surface area contributed by atoms with Gasteiger partial charge in [0.05, 0.1) is 4.90 Å². The van der Waals surface area contributed by atoms with Crippen LogP contribution >= 0.6 is 0 Å². The molecular formula is C24H24N6O2S. The van der Waals surface area contributed by atoms with Crippen molar-refractivity contribution in [3.8, 4) is 0 Å². The van der Waals surface area contributed by atoms with E-state index in [4.69, 9.17) is 0 Å². The maximum atomic E-state index is 12.8. The average molecular weight is 461 g/mol. The quantitative estimate of drug-likeness (QED) is 0.407. The second-order valence-electron chi connectivity index (χ2n) is 7.76. The second kappa shape index (κ2) is 9.14. The lowest BCUT2D eigenvalue weighted by molar-refractivity contribution is 0.360. The topological polar surface area (TPSA) is 103 Å². The Hall–Kier alpha value is -3.53. The Morgan fingerprint density at radius 1 is 0.939 bits per heavy atom. The van der Waals surface area contributed by atoms with Crippen LogP contribution in [0.25, 0.3) is 23.1 Å². The number of rotatable bonds is 6. The normalized spacial score (nSPS) is 15.3. The first kappa shape index (κ1) is 21.3. The number of anilines is 2. The summed E-state index contributed by atoms with van der Waals surface area (Å²) < 4.78 is 27.0. The summed E-state index contributed by atoms with van der Waals surface area (Å²) in [6, 6.07) is 14.9. The zero-order valence-electron chi connectivity index (χ0n) is 17.9. The van der Waals surface area contributed by atoms with Gasteiger partial charge in [0.1, 0.15) is 0 Å². The van der Waals surface area contributed by atoms with Gasteiger partial charge in [0.25, 0.3) is 0 Å². The van der Waals surface area contributed by atoms with E-state index in [1.807, 2.05) is 30.5 Å². The van der Waals surface area contributed by atoms with E-state index in [1.54, 1.807) is 36.7 Å². The zero-order valence-corrected chi connectivity index (χ0v) is 18.7. The number of hydrogen-bond acceptors (Lipinski definition) is 6. The highest BCUT2D eigenvalue weighted by Crippen LogP contribution is 2.21. The number of hydrogen-bond donors (Lipinski definition) is 3.